The number of carboxylic acid groups (broad SMARTS) is 2. The van der Waals surface area contributed by atoms with Gasteiger partial charge >= 0.3 is 19.5 Å². The minimum absolute atomic E-state index is 0.0204. The molecule has 0 aliphatic heterocycles. The molecule has 16 heavy (non-hydrogen) atoms. The van der Waals surface area contributed by atoms with Crippen molar-refractivity contribution in [1.82, 2.24) is 0 Å². The van der Waals surface area contributed by atoms with Crippen LogP contribution in [0.4, 0.5) is 0 Å². The predicted octanol–water partition coefficient (Wildman–Crippen LogP) is 0.0383. The molecule has 0 amide bonds. The van der Waals surface area contributed by atoms with Gasteiger partial charge in [-0.25, -0.2) is 4.79 Å². The van der Waals surface area contributed by atoms with Crippen molar-refractivity contribution in [2.45, 2.75) is 18.5 Å². The topological polar surface area (TPSA) is 132 Å². The number of hydrogen-bond donors (Lipinski definition) is 4. The summed E-state index contributed by atoms with van der Waals surface area (Å²) in [5, 5.41) is 17.5. The van der Waals surface area contributed by atoms with Crippen LogP contribution in [0.15, 0.2) is 11.6 Å². The first-order valence-electron chi connectivity index (χ1n) is 4.45. The van der Waals surface area contributed by atoms with Gasteiger partial charge in [0.25, 0.3) is 0 Å². The van der Waals surface area contributed by atoms with Gasteiger partial charge in [-0.2, -0.15) is 0 Å². The van der Waals surface area contributed by atoms with Crippen molar-refractivity contribution in [3.8, 4) is 0 Å². The number of carbonyl (C=O) groups is 2. The second-order valence-electron chi connectivity index (χ2n) is 3.58. The molecule has 0 aromatic carbocycles. The molecular formula is C8H11O7P. The van der Waals surface area contributed by atoms with Crippen molar-refractivity contribution in [2.75, 3.05) is 0 Å². The largest absolute Gasteiger partial charge is 0.481 e. The van der Waals surface area contributed by atoms with Gasteiger partial charge in [-0.05, 0) is 12.8 Å². The fourth-order valence-corrected chi connectivity index (χ4v) is 2.76. The van der Waals surface area contributed by atoms with Crippen LogP contribution in [0.1, 0.15) is 12.8 Å². The third-order valence-corrected chi connectivity index (χ3v) is 3.79. The summed E-state index contributed by atoms with van der Waals surface area (Å²) in [7, 11) is -4.64. The minimum atomic E-state index is -4.64. The number of rotatable bonds is 3. The van der Waals surface area contributed by atoms with E-state index in [1.807, 2.05) is 0 Å². The number of aliphatic carboxylic acids is 2. The Labute approximate surface area is 90.6 Å². The Morgan fingerprint density at radius 1 is 1.31 bits per heavy atom. The number of hydrogen-bond acceptors (Lipinski definition) is 3. The highest BCUT2D eigenvalue weighted by Crippen LogP contribution is 2.50. The Morgan fingerprint density at radius 3 is 2.25 bits per heavy atom. The molecule has 1 rings (SSSR count). The molecule has 2 unspecified atom stereocenters. The van der Waals surface area contributed by atoms with E-state index in [9.17, 15) is 14.2 Å². The summed E-state index contributed by atoms with van der Waals surface area (Å²) in [6.07, 6.45) is 0.708. The van der Waals surface area contributed by atoms with Crippen LogP contribution in [-0.4, -0.2) is 37.6 Å². The second kappa shape index (κ2) is 4.37. The van der Waals surface area contributed by atoms with E-state index < -0.39 is 36.7 Å². The van der Waals surface area contributed by atoms with Crippen molar-refractivity contribution in [1.29, 1.82) is 0 Å². The highest BCUT2D eigenvalue weighted by molar-refractivity contribution is 7.53. The highest BCUT2D eigenvalue weighted by Gasteiger charge is 2.41. The van der Waals surface area contributed by atoms with Crippen LogP contribution in [0.3, 0.4) is 0 Å². The average molecular weight is 250 g/mol. The van der Waals surface area contributed by atoms with Crippen LogP contribution in [0, 0.1) is 5.92 Å². The maximum absolute atomic E-state index is 11.1. The van der Waals surface area contributed by atoms with E-state index in [2.05, 4.69) is 0 Å². The Hall–Kier alpha value is -1.17. The summed E-state index contributed by atoms with van der Waals surface area (Å²) in [5.74, 6) is -3.54. The van der Waals surface area contributed by atoms with Gasteiger partial charge in [0, 0.05) is 5.57 Å². The average Bonchev–Trinajstić information content (AvgIpc) is 2.15. The maximum atomic E-state index is 11.1. The van der Waals surface area contributed by atoms with E-state index in [1.165, 1.54) is 0 Å². The van der Waals surface area contributed by atoms with Crippen LogP contribution in [0.5, 0.6) is 0 Å². The highest BCUT2D eigenvalue weighted by atomic mass is 31.2. The van der Waals surface area contributed by atoms with Crippen LogP contribution >= 0.6 is 7.60 Å². The van der Waals surface area contributed by atoms with Crippen molar-refractivity contribution in [3.05, 3.63) is 11.6 Å². The lowest BCUT2D eigenvalue weighted by Crippen LogP contribution is -2.29. The minimum Gasteiger partial charge on any atom is -0.481 e. The summed E-state index contributed by atoms with van der Waals surface area (Å²) < 4.78 is 11.1. The molecule has 0 radical (unpaired) electrons. The van der Waals surface area contributed by atoms with E-state index in [1.54, 1.807) is 0 Å². The molecule has 8 heteroatoms. The summed E-state index contributed by atoms with van der Waals surface area (Å²) in [5.41, 5.74) is -1.93. The van der Waals surface area contributed by atoms with E-state index in [4.69, 9.17) is 20.0 Å². The van der Waals surface area contributed by atoms with Gasteiger partial charge in [0.2, 0.25) is 0 Å². The van der Waals surface area contributed by atoms with E-state index in [0.29, 0.717) is 0 Å². The zero-order chi connectivity index (χ0) is 12.5. The molecule has 0 saturated carbocycles. The van der Waals surface area contributed by atoms with Gasteiger partial charge in [-0.1, -0.05) is 6.08 Å². The van der Waals surface area contributed by atoms with Gasteiger partial charge in [0.15, 0.2) is 0 Å². The van der Waals surface area contributed by atoms with Crippen molar-refractivity contribution in [3.63, 3.8) is 0 Å². The lowest BCUT2D eigenvalue weighted by atomic mass is 9.89. The SMILES string of the molecule is O=C(O)C1=CCC(C(=O)O)CC1P(=O)(O)O. The Balaban J connectivity index is 3.06. The second-order valence-corrected chi connectivity index (χ2v) is 5.38. The Morgan fingerprint density at radius 2 is 1.88 bits per heavy atom. The molecule has 0 spiro atoms. The zero-order valence-electron chi connectivity index (χ0n) is 8.11. The van der Waals surface area contributed by atoms with Crippen molar-refractivity contribution < 1.29 is 34.2 Å². The molecule has 0 heterocycles. The van der Waals surface area contributed by atoms with E-state index in [0.717, 1.165) is 6.08 Å². The third kappa shape index (κ3) is 2.69. The van der Waals surface area contributed by atoms with Gasteiger partial charge in [0.1, 0.15) is 0 Å². The molecular weight excluding hydrogens is 239 g/mol. The van der Waals surface area contributed by atoms with Gasteiger partial charge in [-0.15, -0.1) is 0 Å². The molecule has 0 saturated heterocycles. The van der Waals surface area contributed by atoms with Gasteiger partial charge in [-0.3, -0.25) is 9.36 Å². The molecule has 90 valence electrons. The van der Waals surface area contributed by atoms with Gasteiger partial charge in [0.05, 0.1) is 11.6 Å². The van der Waals surface area contributed by atoms with Crippen molar-refractivity contribution >= 4 is 19.5 Å². The standard InChI is InChI=1S/C8H11O7P/c9-7(10)4-1-2-5(8(11)12)6(3-4)16(13,14)15/h2,4,6H,1,3H2,(H,9,10)(H,11,12)(H2,13,14,15). The summed E-state index contributed by atoms with van der Waals surface area (Å²) in [6.45, 7) is 0. The lowest BCUT2D eigenvalue weighted by molar-refractivity contribution is -0.142. The molecule has 1 aliphatic rings. The first kappa shape index (κ1) is 12.9. The molecule has 7 nitrogen and oxygen atoms in total. The molecule has 0 aromatic heterocycles. The molecule has 0 fully saturated rings. The van der Waals surface area contributed by atoms with Crippen LogP contribution in [0.25, 0.3) is 0 Å². The zero-order valence-corrected chi connectivity index (χ0v) is 9.00. The monoisotopic (exact) mass is 250 g/mol. The fourth-order valence-electron chi connectivity index (χ4n) is 1.65. The Bertz CT molecular complexity index is 393. The maximum Gasteiger partial charge on any atom is 0.333 e. The lowest BCUT2D eigenvalue weighted by Gasteiger charge is -2.26. The third-order valence-electron chi connectivity index (χ3n) is 2.49. The normalized spacial score (nSPS) is 26.0. The predicted molar refractivity (Wildman–Crippen MR) is 51.9 cm³/mol. The number of allylic oxidation sites excluding steroid dienone is 1. The Kier molecular flexibility index (Phi) is 3.52. The first-order chi connectivity index (χ1) is 7.23. The van der Waals surface area contributed by atoms with E-state index in [-0.39, 0.29) is 12.8 Å². The molecule has 4 N–H and O–H groups in total. The van der Waals surface area contributed by atoms with Crippen LogP contribution in [-0.2, 0) is 14.2 Å². The smallest absolute Gasteiger partial charge is 0.333 e. The first-order valence-corrected chi connectivity index (χ1v) is 6.13. The molecule has 0 aromatic rings. The van der Waals surface area contributed by atoms with Crippen LogP contribution < -0.4 is 0 Å². The fraction of sp³-hybridized carbons (Fsp3) is 0.500. The quantitative estimate of drug-likeness (QED) is 0.519. The molecule has 2 atom stereocenters. The van der Waals surface area contributed by atoms with Gasteiger partial charge < -0.3 is 20.0 Å². The van der Waals surface area contributed by atoms with E-state index >= 15 is 0 Å². The molecule has 1 aliphatic carbocycles. The summed E-state index contributed by atoms with van der Waals surface area (Å²) in [4.78, 5) is 39.4. The number of carboxylic acids is 2. The summed E-state index contributed by atoms with van der Waals surface area (Å²) in [6, 6.07) is 0. The van der Waals surface area contributed by atoms with Crippen LogP contribution in [0.2, 0.25) is 0 Å². The van der Waals surface area contributed by atoms with Crippen molar-refractivity contribution in [2.24, 2.45) is 5.92 Å². The summed E-state index contributed by atoms with van der Waals surface area (Å²) >= 11 is 0. The molecule has 0 bridgehead atoms.